The number of methoxy groups -OCH3 is 1. The Hall–Kier alpha value is -2.78. The quantitative estimate of drug-likeness (QED) is 0.678. The predicted molar refractivity (Wildman–Crippen MR) is 91.2 cm³/mol. The van der Waals surface area contributed by atoms with Crippen LogP contribution in [0.25, 0.3) is 0 Å². The Bertz CT molecular complexity index is 768. The van der Waals surface area contributed by atoms with Crippen molar-refractivity contribution in [2.45, 2.75) is 12.6 Å². The topological polar surface area (TPSA) is 108 Å². The summed E-state index contributed by atoms with van der Waals surface area (Å²) in [6, 6.07) is 5.19. The van der Waals surface area contributed by atoms with Crippen LogP contribution in [0.2, 0.25) is 0 Å². The molecule has 0 fully saturated rings. The maximum Gasteiger partial charge on any atom is 0.274 e. The second-order valence-corrected chi connectivity index (χ2v) is 5.85. The van der Waals surface area contributed by atoms with Gasteiger partial charge in [-0.3, -0.25) is 9.69 Å². The van der Waals surface area contributed by atoms with Crippen LogP contribution >= 0.6 is 0 Å². The molecule has 0 saturated carbocycles. The number of benzene rings is 1. The Balaban J connectivity index is 2.23. The van der Waals surface area contributed by atoms with Gasteiger partial charge in [-0.25, -0.2) is 9.37 Å². The maximum atomic E-state index is 12.9. The van der Waals surface area contributed by atoms with Gasteiger partial charge < -0.3 is 20.3 Å². The molecule has 3 N–H and O–H groups in total. The molecule has 0 bridgehead atoms. The standard InChI is InChI=1S/C17H21FN4O4/c1-22(2)12(9-26-3)15-20-13(14(23)17(25)21-15)16(24)19-8-10-4-6-11(18)7-5-10/h4-7,12,23H,8-9H2,1-3H3,(H,19,24)(H,20,21,25). The third-order valence-electron chi connectivity index (χ3n) is 3.71. The Morgan fingerprint density at radius 1 is 1.27 bits per heavy atom. The first-order chi connectivity index (χ1) is 12.3. The second kappa shape index (κ2) is 8.54. The van der Waals surface area contributed by atoms with Gasteiger partial charge in [0, 0.05) is 13.7 Å². The van der Waals surface area contributed by atoms with Gasteiger partial charge in [0.2, 0.25) is 5.75 Å². The van der Waals surface area contributed by atoms with Crippen LogP contribution in [-0.2, 0) is 11.3 Å². The smallest absolute Gasteiger partial charge is 0.274 e. The van der Waals surface area contributed by atoms with E-state index in [-0.39, 0.29) is 30.5 Å². The van der Waals surface area contributed by atoms with E-state index in [2.05, 4.69) is 15.3 Å². The van der Waals surface area contributed by atoms with Crippen LogP contribution < -0.4 is 5.32 Å². The van der Waals surface area contributed by atoms with Crippen LogP contribution in [0, 0.1) is 5.82 Å². The minimum atomic E-state index is -0.708. The molecule has 0 saturated heterocycles. The van der Waals surface area contributed by atoms with E-state index in [1.807, 2.05) is 0 Å². The molecule has 1 unspecified atom stereocenters. The predicted octanol–water partition coefficient (Wildman–Crippen LogP) is 1.21. The summed E-state index contributed by atoms with van der Waals surface area (Å²) in [7, 11) is 5.05. The summed E-state index contributed by atoms with van der Waals surface area (Å²) in [5, 5.41) is 22.4. The molecular formula is C17H21FN4O4. The molecule has 1 aromatic heterocycles. The molecule has 8 nitrogen and oxygen atoms in total. The molecule has 1 atom stereocenters. The summed E-state index contributed by atoms with van der Waals surface area (Å²) < 4.78 is 18.0. The molecule has 26 heavy (non-hydrogen) atoms. The lowest BCUT2D eigenvalue weighted by Gasteiger charge is -2.22. The Morgan fingerprint density at radius 3 is 2.50 bits per heavy atom. The molecule has 1 amide bonds. The zero-order valence-electron chi connectivity index (χ0n) is 14.7. The summed E-state index contributed by atoms with van der Waals surface area (Å²) in [4.78, 5) is 22.0. The highest BCUT2D eigenvalue weighted by Gasteiger charge is 2.24. The summed E-state index contributed by atoms with van der Waals surface area (Å²) in [6.07, 6.45) is 0. The fourth-order valence-electron chi connectivity index (χ4n) is 2.25. The fourth-order valence-corrected chi connectivity index (χ4v) is 2.25. The van der Waals surface area contributed by atoms with Gasteiger partial charge >= 0.3 is 0 Å². The van der Waals surface area contributed by atoms with E-state index < -0.39 is 23.6 Å². The van der Waals surface area contributed by atoms with Crippen molar-refractivity contribution in [2.75, 3.05) is 27.8 Å². The number of hydrogen-bond donors (Lipinski definition) is 3. The summed E-state index contributed by atoms with van der Waals surface area (Å²) in [5.74, 6) is -2.33. The minimum absolute atomic E-state index is 0.105. The van der Waals surface area contributed by atoms with Gasteiger partial charge in [0.25, 0.3) is 11.8 Å². The van der Waals surface area contributed by atoms with E-state index >= 15 is 0 Å². The number of ether oxygens (including phenoxy) is 1. The lowest BCUT2D eigenvalue weighted by molar-refractivity contribution is 0.0936. The number of rotatable bonds is 7. The lowest BCUT2D eigenvalue weighted by Crippen LogP contribution is -2.29. The molecule has 1 heterocycles. The van der Waals surface area contributed by atoms with Crippen LogP contribution in [0.5, 0.6) is 11.6 Å². The fraction of sp³-hybridized carbons (Fsp3) is 0.353. The average Bonchev–Trinajstić information content (AvgIpc) is 2.61. The largest absolute Gasteiger partial charge is 0.501 e. The van der Waals surface area contributed by atoms with Crippen molar-refractivity contribution in [3.05, 3.63) is 47.2 Å². The van der Waals surface area contributed by atoms with E-state index in [0.717, 1.165) is 0 Å². The van der Waals surface area contributed by atoms with E-state index in [1.54, 1.807) is 19.0 Å². The van der Waals surface area contributed by atoms with Gasteiger partial charge in [-0.1, -0.05) is 12.1 Å². The first-order valence-corrected chi connectivity index (χ1v) is 7.81. The van der Waals surface area contributed by atoms with Gasteiger partial charge in [0.1, 0.15) is 5.82 Å². The van der Waals surface area contributed by atoms with E-state index in [1.165, 1.54) is 31.4 Å². The van der Waals surface area contributed by atoms with Gasteiger partial charge in [-0.15, -0.1) is 0 Å². The van der Waals surface area contributed by atoms with E-state index in [0.29, 0.717) is 5.56 Å². The monoisotopic (exact) mass is 364 g/mol. The first-order valence-electron chi connectivity index (χ1n) is 7.81. The van der Waals surface area contributed by atoms with Gasteiger partial charge in [-0.05, 0) is 31.8 Å². The van der Waals surface area contributed by atoms with Crippen molar-refractivity contribution in [3.8, 4) is 11.6 Å². The second-order valence-electron chi connectivity index (χ2n) is 5.85. The number of aromatic nitrogens is 2. The molecule has 0 aliphatic heterocycles. The van der Waals surface area contributed by atoms with Crippen molar-refractivity contribution in [1.29, 1.82) is 0 Å². The number of carbonyl (C=O) groups excluding carboxylic acids is 1. The number of amides is 1. The molecule has 0 radical (unpaired) electrons. The Labute approximate surface area is 150 Å². The van der Waals surface area contributed by atoms with Crippen molar-refractivity contribution >= 4 is 5.91 Å². The summed E-state index contributed by atoms with van der Waals surface area (Å²) in [6.45, 7) is 0.335. The summed E-state index contributed by atoms with van der Waals surface area (Å²) in [5.41, 5.74) is 0.320. The van der Waals surface area contributed by atoms with Crippen LogP contribution in [0.1, 0.15) is 27.9 Å². The first kappa shape index (κ1) is 19.5. The number of likely N-dealkylation sites (N-methyl/N-ethyl adjacent to an activating group) is 1. The average molecular weight is 364 g/mol. The molecule has 0 aliphatic rings. The Morgan fingerprint density at radius 2 is 1.92 bits per heavy atom. The highest BCUT2D eigenvalue weighted by atomic mass is 19.1. The maximum absolute atomic E-state index is 12.9. The van der Waals surface area contributed by atoms with Crippen molar-refractivity contribution in [2.24, 2.45) is 0 Å². The van der Waals surface area contributed by atoms with Gasteiger partial charge in [0.15, 0.2) is 11.5 Å². The van der Waals surface area contributed by atoms with Crippen LogP contribution in [-0.4, -0.2) is 58.8 Å². The number of carbonyl (C=O) groups is 1. The van der Waals surface area contributed by atoms with E-state index in [9.17, 15) is 19.4 Å². The van der Waals surface area contributed by atoms with Crippen molar-refractivity contribution in [3.63, 3.8) is 0 Å². The van der Waals surface area contributed by atoms with Crippen LogP contribution in [0.3, 0.4) is 0 Å². The van der Waals surface area contributed by atoms with Gasteiger partial charge in [-0.2, -0.15) is 4.98 Å². The molecule has 140 valence electrons. The zero-order valence-corrected chi connectivity index (χ0v) is 14.7. The van der Waals surface area contributed by atoms with Crippen LogP contribution in [0.4, 0.5) is 4.39 Å². The highest BCUT2D eigenvalue weighted by Crippen LogP contribution is 2.28. The van der Waals surface area contributed by atoms with Crippen molar-refractivity contribution < 1.29 is 24.1 Å². The molecule has 2 rings (SSSR count). The van der Waals surface area contributed by atoms with E-state index in [4.69, 9.17) is 4.74 Å². The summed E-state index contributed by atoms with van der Waals surface area (Å²) >= 11 is 0. The molecule has 9 heteroatoms. The third kappa shape index (κ3) is 4.64. The SMILES string of the molecule is COCC(c1nc(O)c(O)c(C(=O)NCc2ccc(F)cc2)n1)N(C)C. The number of hydrogen-bond acceptors (Lipinski definition) is 7. The number of nitrogens with one attached hydrogen (secondary N) is 1. The number of aromatic hydroxyl groups is 2. The highest BCUT2D eigenvalue weighted by molar-refractivity contribution is 5.95. The molecule has 2 aromatic rings. The number of nitrogens with zero attached hydrogens (tertiary/aromatic N) is 3. The molecule has 0 spiro atoms. The molecule has 0 aliphatic carbocycles. The molecule has 1 aromatic carbocycles. The number of halogens is 1. The van der Waals surface area contributed by atoms with Crippen LogP contribution in [0.15, 0.2) is 24.3 Å². The molecular weight excluding hydrogens is 343 g/mol. The zero-order chi connectivity index (χ0) is 19.3. The van der Waals surface area contributed by atoms with Crippen molar-refractivity contribution in [1.82, 2.24) is 20.2 Å². The minimum Gasteiger partial charge on any atom is -0.501 e. The normalized spacial score (nSPS) is 12.2. The Kier molecular flexibility index (Phi) is 6.42. The van der Waals surface area contributed by atoms with Gasteiger partial charge in [0.05, 0.1) is 12.6 Å². The third-order valence-corrected chi connectivity index (χ3v) is 3.71. The lowest BCUT2D eigenvalue weighted by atomic mass is 10.2.